The van der Waals surface area contributed by atoms with Crippen LogP contribution in [0.25, 0.3) is 11.0 Å². The van der Waals surface area contributed by atoms with E-state index in [0.29, 0.717) is 34.5 Å². The highest BCUT2D eigenvalue weighted by Gasteiger charge is 2.39. The molecule has 0 radical (unpaired) electrons. The number of nitrogens with zero attached hydrogens (tertiary/aromatic N) is 3. The number of sulfonamides is 1. The summed E-state index contributed by atoms with van der Waals surface area (Å²) in [7, 11) is 0.344. The first-order chi connectivity index (χ1) is 14.9. The maximum atomic E-state index is 13.7. The van der Waals surface area contributed by atoms with Crippen molar-refractivity contribution in [1.29, 1.82) is 0 Å². The van der Waals surface area contributed by atoms with E-state index in [4.69, 9.17) is 14.2 Å². The van der Waals surface area contributed by atoms with Gasteiger partial charge in [0.05, 0.1) is 45.5 Å². The molecular weight excluding hydrogens is 442 g/mol. The summed E-state index contributed by atoms with van der Waals surface area (Å²) in [6.07, 6.45) is 0.321. The van der Waals surface area contributed by atoms with Crippen molar-refractivity contribution in [3.8, 4) is 11.5 Å². The number of hydrogen-bond donors (Lipinski definition) is 0. The van der Waals surface area contributed by atoms with Crippen molar-refractivity contribution >= 4 is 38.8 Å². The molecule has 0 N–H and O–H groups in total. The predicted molar refractivity (Wildman–Crippen MR) is 114 cm³/mol. The summed E-state index contributed by atoms with van der Waals surface area (Å²) in [5, 5.41) is 0. The predicted octanol–water partition coefficient (Wildman–Crippen LogP) is 2.56. The van der Waals surface area contributed by atoms with Crippen LogP contribution in [0.3, 0.4) is 0 Å². The molecule has 0 saturated carbocycles. The average molecular weight is 464 g/mol. The Morgan fingerprint density at radius 1 is 1.16 bits per heavy atom. The number of benzene rings is 2. The van der Waals surface area contributed by atoms with Crippen LogP contribution in [0.1, 0.15) is 23.6 Å². The fraction of sp³-hybridized carbons (Fsp3) is 0.350. The molecule has 1 aromatic heterocycles. The summed E-state index contributed by atoms with van der Waals surface area (Å²) in [6, 6.07) is 7.66. The molecule has 1 aliphatic heterocycles. The standard InChI is InChI=1S/C20H21N3O6S2/c1-27-16-9-12-7-8-23(15(11-19(24)29-3)13(12)10-17(16)28-2)31(25,26)18-6-4-5-14-20(18)22-30-21-14/h4-6,9-10,15H,7-8,11H2,1-3H3. The first-order valence-corrected chi connectivity index (χ1v) is 11.6. The first-order valence-electron chi connectivity index (χ1n) is 9.45. The van der Waals surface area contributed by atoms with Gasteiger partial charge in [-0.15, -0.1) is 0 Å². The molecule has 9 nitrogen and oxygen atoms in total. The lowest BCUT2D eigenvalue weighted by Gasteiger charge is -2.36. The monoisotopic (exact) mass is 463 g/mol. The lowest BCUT2D eigenvalue weighted by molar-refractivity contribution is -0.141. The Morgan fingerprint density at radius 3 is 2.61 bits per heavy atom. The summed E-state index contributed by atoms with van der Waals surface area (Å²) >= 11 is 0.955. The number of aromatic nitrogens is 2. The van der Waals surface area contributed by atoms with Gasteiger partial charge in [-0.25, -0.2) is 8.42 Å². The lowest BCUT2D eigenvalue weighted by atomic mass is 9.91. The van der Waals surface area contributed by atoms with Crippen molar-refractivity contribution in [2.24, 2.45) is 0 Å². The smallest absolute Gasteiger partial charge is 0.307 e. The SMILES string of the molecule is COC(=O)CC1c2cc(OC)c(OC)cc2CCN1S(=O)(=O)c1cccc2nsnc12. The van der Waals surface area contributed by atoms with E-state index >= 15 is 0 Å². The minimum Gasteiger partial charge on any atom is -0.493 e. The number of esters is 1. The van der Waals surface area contributed by atoms with E-state index < -0.39 is 22.0 Å². The van der Waals surface area contributed by atoms with Crippen LogP contribution in [-0.4, -0.2) is 55.3 Å². The zero-order valence-corrected chi connectivity index (χ0v) is 18.8. The topological polar surface area (TPSA) is 108 Å². The Labute approximate surface area is 183 Å². The van der Waals surface area contributed by atoms with Gasteiger partial charge in [0, 0.05) is 6.54 Å². The second kappa shape index (κ2) is 8.40. The van der Waals surface area contributed by atoms with Gasteiger partial charge >= 0.3 is 5.97 Å². The van der Waals surface area contributed by atoms with Crippen LogP contribution in [0.4, 0.5) is 0 Å². The van der Waals surface area contributed by atoms with Crippen LogP contribution < -0.4 is 9.47 Å². The van der Waals surface area contributed by atoms with Gasteiger partial charge in [0.2, 0.25) is 10.0 Å². The summed E-state index contributed by atoms with van der Waals surface area (Å²) in [5.74, 6) is 0.496. The molecule has 164 valence electrons. The second-order valence-electron chi connectivity index (χ2n) is 6.96. The third-order valence-electron chi connectivity index (χ3n) is 5.38. The van der Waals surface area contributed by atoms with Gasteiger partial charge in [0.15, 0.2) is 11.5 Å². The van der Waals surface area contributed by atoms with E-state index in [2.05, 4.69) is 8.75 Å². The highest BCUT2D eigenvalue weighted by molar-refractivity contribution is 7.89. The quantitative estimate of drug-likeness (QED) is 0.513. The highest BCUT2D eigenvalue weighted by Crippen LogP contribution is 2.42. The van der Waals surface area contributed by atoms with Crippen molar-refractivity contribution in [1.82, 2.24) is 13.1 Å². The summed E-state index contributed by atoms with van der Waals surface area (Å²) < 4.78 is 52.7. The molecule has 1 aliphatic rings. The van der Waals surface area contributed by atoms with Crippen molar-refractivity contribution in [3.05, 3.63) is 41.5 Å². The summed E-state index contributed by atoms with van der Waals surface area (Å²) in [6.45, 7) is 0.195. The van der Waals surface area contributed by atoms with E-state index in [0.717, 1.165) is 17.3 Å². The molecule has 1 atom stereocenters. The molecule has 2 aromatic carbocycles. The maximum absolute atomic E-state index is 13.7. The number of carbonyl (C=O) groups is 1. The van der Waals surface area contributed by atoms with Crippen LogP contribution in [0.15, 0.2) is 35.2 Å². The van der Waals surface area contributed by atoms with Crippen LogP contribution in [0, 0.1) is 0 Å². The minimum absolute atomic E-state index is 0.0672. The Bertz CT molecular complexity index is 1240. The van der Waals surface area contributed by atoms with E-state index in [-0.39, 0.29) is 17.9 Å². The molecule has 0 saturated heterocycles. The van der Waals surface area contributed by atoms with Gasteiger partial charge in [-0.05, 0) is 41.8 Å². The molecule has 3 aromatic rings. The van der Waals surface area contributed by atoms with Gasteiger partial charge in [-0.2, -0.15) is 13.1 Å². The maximum Gasteiger partial charge on any atom is 0.307 e. The molecule has 11 heteroatoms. The van der Waals surface area contributed by atoms with Gasteiger partial charge in [-0.3, -0.25) is 4.79 Å². The second-order valence-corrected chi connectivity index (χ2v) is 9.34. The van der Waals surface area contributed by atoms with E-state index in [1.165, 1.54) is 31.7 Å². The molecule has 0 fully saturated rings. The van der Waals surface area contributed by atoms with E-state index in [9.17, 15) is 13.2 Å². The molecule has 1 unspecified atom stereocenters. The summed E-state index contributed by atoms with van der Waals surface area (Å²) in [4.78, 5) is 12.3. The molecule has 2 heterocycles. The van der Waals surface area contributed by atoms with Crippen molar-refractivity contribution < 1.29 is 27.4 Å². The lowest BCUT2D eigenvalue weighted by Crippen LogP contribution is -2.41. The zero-order chi connectivity index (χ0) is 22.2. The highest BCUT2D eigenvalue weighted by atomic mass is 32.2. The Kier molecular flexibility index (Phi) is 5.82. The molecule has 4 rings (SSSR count). The fourth-order valence-electron chi connectivity index (χ4n) is 3.86. The third-order valence-corrected chi connectivity index (χ3v) is 7.86. The number of hydrogen-bond acceptors (Lipinski definition) is 9. The van der Waals surface area contributed by atoms with E-state index in [1.807, 2.05) is 6.07 Å². The molecule has 0 spiro atoms. The number of carbonyl (C=O) groups excluding carboxylic acids is 1. The number of fused-ring (bicyclic) bond motifs is 2. The van der Waals surface area contributed by atoms with Gasteiger partial charge < -0.3 is 14.2 Å². The van der Waals surface area contributed by atoms with Crippen LogP contribution in [0.2, 0.25) is 0 Å². The van der Waals surface area contributed by atoms with Gasteiger partial charge in [0.25, 0.3) is 0 Å². The fourth-order valence-corrected chi connectivity index (χ4v) is 6.22. The Hall–Kier alpha value is -2.76. The van der Waals surface area contributed by atoms with E-state index in [1.54, 1.807) is 18.2 Å². The third kappa shape index (κ3) is 3.73. The Balaban J connectivity index is 1.86. The van der Waals surface area contributed by atoms with Gasteiger partial charge in [-0.1, -0.05) is 6.07 Å². The largest absolute Gasteiger partial charge is 0.493 e. The van der Waals surface area contributed by atoms with Crippen molar-refractivity contribution in [2.45, 2.75) is 23.8 Å². The molecule has 0 amide bonds. The average Bonchev–Trinajstić information content (AvgIpc) is 3.26. The van der Waals surface area contributed by atoms with Gasteiger partial charge in [0.1, 0.15) is 15.9 Å². The van der Waals surface area contributed by atoms with Crippen molar-refractivity contribution in [3.63, 3.8) is 0 Å². The number of rotatable bonds is 6. The Morgan fingerprint density at radius 2 is 1.90 bits per heavy atom. The van der Waals surface area contributed by atoms with Crippen LogP contribution in [0.5, 0.6) is 11.5 Å². The molecule has 0 bridgehead atoms. The first kappa shape index (κ1) is 21.5. The number of methoxy groups -OCH3 is 3. The van der Waals surface area contributed by atoms with Crippen LogP contribution >= 0.6 is 11.7 Å². The molecule has 0 aliphatic carbocycles. The van der Waals surface area contributed by atoms with Crippen LogP contribution in [-0.2, 0) is 26.0 Å². The summed E-state index contributed by atoms with van der Waals surface area (Å²) in [5.41, 5.74) is 2.41. The number of ether oxygens (including phenoxy) is 3. The normalized spacial score (nSPS) is 16.7. The van der Waals surface area contributed by atoms with Crippen molar-refractivity contribution in [2.75, 3.05) is 27.9 Å². The molecular formula is C20H21N3O6S2. The zero-order valence-electron chi connectivity index (χ0n) is 17.2. The minimum atomic E-state index is -3.98. The molecule has 31 heavy (non-hydrogen) atoms.